The minimum Gasteiger partial charge on any atom is -0.478 e. The molecule has 1 N–H and O–H groups in total. The summed E-state index contributed by atoms with van der Waals surface area (Å²) < 4.78 is 0. The van der Waals surface area contributed by atoms with E-state index in [1.807, 2.05) is 12.1 Å². The van der Waals surface area contributed by atoms with Crippen molar-refractivity contribution in [2.45, 2.75) is 39.3 Å². The molecule has 2 nitrogen and oxygen atoms in total. The van der Waals surface area contributed by atoms with Crippen molar-refractivity contribution in [3.05, 3.63) is 23.8 Å². The van der Waals surface area contributed by atoms with Crippen LogP contribution in [-0.2, 0) is 0 Å². The molecule has 0 bridgehead atoms. The van der Waals surface area contributed by atoms with Gasteiger partial charge >= 0.3 is 5.97 Å². The maximum atomic E-state index is 11.1. The first kappa shape index (κ1) is 14.2. The molecule has 0 radical (unpaired) electrons. The van der Waals surface area contributed by atoms with Gasteiger partial charge in [-0.2, -0.15) is 0 Å². The summed E-state index contributed by atoms with van der Waals surface area (Å²) in [5.41, 5.74) is 0.421. The van der Waals surface area contributed by atoms with Crippen LogP contribution in [0.15, 0.2) is 18.2 Å². The quantitative estimate of drug-likeness (QED) is 0.854. The largest absolute Gasteiger partial charge is 0.478 e. The smallest absolute Gasteiger partial charge is 0.335 e. The second-order valence-corrected chi connectivity index (χ2v) is 16.6. The Balaban J connectivity index is 3.49. The first-order valence-corrected chi connectivity index (χ1v) is 12.9. The van der Waals surface area contributed by atoms with Gasteiger partial charge in [0.1, 0.15) is 0 Å². The number of carboxylic acids is 1. The van der Waals surface area contributed by atoms with E-state index in [9.17, 15) is 4.79 Å². The molecular formula is C13H22O2Si2. The molecule has 0 aliphatic rings. The molecule has 0 unspecified atom stereocenters. The molecule has 0 heterocycles. The average Bonchev–Trinajstić information content (AvgIpc) is 2.14. The third kappa shape index (κ3) is 3.29. The van der Waals surface area contributed by atoms with Crippen molar-refractivity contribution in [1.82, 2.24) is 0 Å². The van der Waals surface area contributed by atoms with Crippen molar-refractivity contribution < 1.29 is 9.90 Å². The molecule has 0 atom stereocenters. The second kappa shape index (κ2) is 4.42. The van der Waals surface area contributed by atoms with Gasteiger partial charge in [-0.1, -0.05) is 55.7 Å². The monoisotopic (exact) mass is 266 g/mol. The summed E-state index contributed by atoms with van der Waals surface area (Å²) in [6.07, 6.45) is 0. The van der Waals surface area contributed by atoms with Crippen molar-refractivity contribution in [2.75, 3.05) is 0 Å². The highest BCUT2D eigenvalue weighted by Crippen LogP contribution is 2.09. The lowest BCUT2D eigenvalue weighted by Crippen LogP contribution is -2.56. The van der Waals surface area contributed by atoms with Crippen LogP contribution in [0.1, 0.15) is 10.4 Å². The van der Waals surface area contributed by atoms with E-state index in [1.54, 1.807) is 6.07 Å². The van der Waals surface area contributed by atoms with E-state index in [4.69, 9.17) is 5.11 Å². The Morgan fingerprint density at radius 3 is 1.76 bits per heavy atom. The van der Waals surface area contributed by atoms with E-state index in [0.29, 0.717) is 5.56 Å². The van der Waals surface area contributed by atoms with Crippen LogP contribution in [-0.4, -0.2) is 27.2 Å². The number of hydrogen-bond donors (Lipinski definition) is 1. The van der Waals surface area contributed by atoms with Gasteiger partial charge in [-0.3, -0.25) is 0 Å². The average molecular weight is 266 g/mol. The van der Waals surface area contributed by atoms with Gasteiger partial charge in [0, 0.05) is 0 Å². The Morgan fingerprint density at radius 1 is 0.941 bits per heavy atom. The predicted molar refractivity (Wildman–Crippen MR) is 79.4 cm³/mol. The zero-order chi connectivity index (χ0) is 13.4. The molecule has 1 aromatic carbocycles. The van der Waals surface area contributed by atoms with E-state index in [2.05, 4.69) is 39.3 Å². The number of hydrogen-bond acceptors (Lipinski definition) is 1. The van der Waals surface area contributed by atoms with Crippen LogP contribution < -0.4 is 10.4 Å². The van der Waals surface area contributed by atoms with E-state index in [1.165, 1.54) is 10.4 Å². The first-order chi connectivity index (χ1) is 7.53. The van der Waals surface area contributed by atoms with Crippen molar-refractivity contribution >= 4 is 32.5 Å². The van der Waals surface area contributed by atoms with E-state index >= 15 is 0 Å². The molecule has 0 aromatic heterocycles. The molecule has 0 amide bonds. The van der Waals surface area contributed by atoms with Crippen molar-refractivity contribution in [3.8, 4) is 0 Å². The SMILES string of the molecule is C[Si](C)(C)c1ccc(C(=O)O)cc1[Si](C)(C)C. The fourth-order valence-corrected chi connectivity index (χ4v) is 7.15. The molecule has 0 saturated carbocycles. The third-order valence-electron chi connectivity index (χ3n) is 2.88. The maximum absolute atomic E-state index is 11.1. The van der Waals surface area contributed by atoms with Gasteiger partial charge in [0.25, 0.3) is 0 Å². The summed E-state index contributed by atoms with van der Waals surface area (Å²) in [7, 11) is -2.90. The van der Waals surface area contributed by atoms with E-state index < -0.39 is 22.1 Å². The number of aromatic carboxylic acids is 1. The van der Waals surface area contributed by atoms with Gasteiger partial charge in [0.05, 0.1) is 21.7 Å². The Bertz CT molecular complexity index is 440. The minimum absolute atomic E-state index is 0.421. The summed E-state index contributed by atoms with van der Waals surface area (Å²) >= 11 is 0. The fraction of sp³-hybridized carbons (Fsp3) is 0.462. The maximum Gasteiger partial charge on any atom is 0.335 e. The minimum atomic E-state index is -1.49. The van der Waals surface area contributed by atoms with Crippen LogP contribution in [0.25, 0.3) is 0 Å². The van der Waals surface area contributed by atoms with Crippen LogP contribution in [0.2, 0.25) is 39.3 Å². The van der Waals surface area contributed by atoms with Gasteiger partial charge in [-0.15, -0.1) is 0 Å². The number of rotatable bonds is 3. The molecule has 17 heavy (non-hydrogen) atoms. The third-order valence-corrected chi connectivity index (χ3v) is 7.21. The zero-order valence-electron chi connectivity index (χ0n) is 11.6. The van der Waals surface area contributed by atoms with Gasteiger partial charge in [0.15, 0.2) is 0 Å². The van der Waals surface area contributed by atoms with Gasteiger partial charge in [-0.25, -0.2) is 4.79 Å². The number of carboxylic acid groups (broad SMARTS) is 1. The van der Waals surface area contributed by atoms with Gasteiger partial charge < -0.3 is 5.11 Å². The molecular weight excluding hydrogens is 244 g/mol. The van der Waals surface area contributed by atoms with Crippen LogP contribution in [0.5, 0.6) is 0 Å². The Hall–Kier alpha value is -0.876. The lowest BCUT2D eigenvalue weighted by atomic mass is 10.2. The summed E-state index contributed by atoms with van der Waals surface area (Å²) in [4.78, 5) is 11.1. The molecule has 0 saturated heterocycles. The Kier molecular flexibility index (Phi) is 3.69. The molecule has 0 fully saturated rings. The second-order valence-electron chi connectivity index (χ2n) is 6.57. The van der Waals surface area contributed by atoms with E-state index in [-0.39, 0.29) is 0 Å². The molecule has 4 heteroatoms. The topological polar surface area (TPSA) is 37.3 Å². The lowest BCUT2D eigenvalue weighted by Gasteiger charge is -2.28. The van der Waals surface area contributed by atoms with Gasteiger partial charge in [0.2, 0.25) is 0 Å². The zero-order valence-corrected chi connectivity index (χ0v) is 13.6. The lowest BCUT2D eigenvalue weighted by molar-refractivity contribution is 0.0697. The molecule has 1 rings (SSSR count). The summed E-state index contributed by atoms with van der Waals surface area (Å²) in [6.45, 7) is 13.8. The highest BCUT2D eigenvalue weighted by Gasteiger charge is 2.28. The summed E-state index contributed by atoms with van der Waals surface area (Å²) in [6, 6.07) is 5.70. The fourth-order valence-electron chi connectivity index (χ4n) is 1.95. The van der Waals surface area contributed by atoms with Crippen molar-refractivity contribution in [2.24, 2.45) is 0 Å². The predicted octanol–water partition coefficient (Wildman–Crippen LogP) is 2.48. The molecule has 94 valence electrons. The number of carbonyl (C=O) groups is 1. The molecule has 1 aromatic rings. The normalized spacial score (nSPS) is 12.6. The highest BCUT2D eigenvalue weighted by molar-refractivity contribution is 6.98. The van der Waals surface area contributed by atoms with Gasteiger partial charge in [-0.05, 0) is 12.1 Å². The highest BCUT2D eigenvalue weighted by atomic mass is 28.3. The Morgan fingerprint density at radius 2 is 1.41 bits per heavy atom. The van der Waals surface area contributed by atoms with Crippen LogP contribution in [0.3, 0.4) is 0 Å². The van der Waals surface area contributed by atoms with E-state index in [0.717, 1.165) is 0 Å². The van der Waals surface area contributed by atoms with Crippen LogP contribution in [0.4, 0.5) is 0 Å². The van der Waals surface area contributed by atoms with Crippen LogP contribution >= 0.6 is 0 Å². The first-order valence-electron chi connectivity index (χ1n) is 5.92. The Labute approximate surface area is 106 Å². The standard InChI is InChI=1S/C13H22O2Si2/c1-16(2,3)11-8-7-10(13(14)15)9-12(11)17(4,5)6/h7-9H,1-6H3,(H,14,15). The summed E-state index contributed by atoms with van der Waals surface area (Å²) in [5, 5.41) is 11.8. The van der Waals surface area contributed by atoms with Crippen molar-refractivity contribution in [1.29, 1.82) is 0 Å². The van der Waals surface area contributed by atoms with Crippen LogP contribution in [0, 0.1) is 0 Å². The molecule has 0 aliphatic heterocycles. The molecule has 0 aliphatic carbocycles. The summed E-state index contributed by atoms with van der Waals surface area (Å²) in [5.74, 6) is -0.827. The number of benzene rings is 1. The molecule has 0 spiro atoms. The van der Waals surface area contributed by atoms with Crippen molar-refractivity contribution in [3.63, 3.8) is 0 Å².